The van der Waals surface area contributed by atoms with Crippen molar-refractivity contribution in [3.8, 4) is 0 Å². The third-order valence-electron chi connectivity index (χ3n) is 4.51. The molecular formula is C18H25N3O4. The number of hydrogen-bond donors (Lipinski definition) is 2. The van der Waals surface area contributed by atoms with E-state index in [0.29, 0.717) is 37.2 Å². The largest absolute Gasteiger partial charge is 0.465 e. The average Bonchev–Trinajstić information content (AvgIpc) is 2.61. The summed E-state index contributed by atoms with van der Waals surface area (Å²) in [7, 11) is 1.32. The molecule has 0 saturated carbocycles. The first-order chi connectivity index (χ1) is 11.9. The van der Waals surface area contributed by atoms with E-state index in [1.165, 1.54) is 7.11 Å². The van der Waals surface area contributed by atoms with Crippen LogP contribution in [-0.2, 0) is 9.53 Å². The number of aryl methyl sites for hydroxylation is 1. The lowest BCUT2D eigenvalue weighted by Gasteiger charge is -2.32. The number of carbonyl (C=O) groups excluding carboxylic acids is 3. The predicted octanol–water partition coefficient (Wildman–Crippen LogP) is 2.29. The Morgan fingerprint density at radius 2 is 2.12 bits per heavy atom. The van der Waals surface area contributed by atoms with Crippen molar-refractivity contribution in [1.82, 2.24) is 4.90 Å². The van der Waals surface area contributed by atoms with Crippen molar-refractivity contribution in [2.75, 3.05) is 25.5 Å². The summed E-state index contributed by atoms with van der Waals surface area (Å²) >= 11 is 0. The SMILES string of the molecule is COC(=O)c1ccc(C)c(NC(=O)N2CCC[C@@H](CCC(N)=O)C2)c1. The molecule has 0 unspecified atom stereocenters. The zero-order chi connectivity index (χ0) is 18.4. The van der Waals surface area contributed by atoms with Crippen LogP contribution in [0, 0.1) is 12.8 Å². The minimum atomic E-state index is -0.444. The number of hydrogen-bond acceptors (Lipinski definition) is 4. The zero-order valence-electron chi connectivity index (χ0n) is 14.7. The molecule has 1 aliphatic rings. The molecule has 3 amide bonds. The standard InChI is InChI=1S/C18H25N3O4/c1-12-5-7-14(17(23)25-2)10-15(12)20-18(24)21-9-3-4-13(11-21)6-8-16(19)22/h5,7,10,13H,3-4,6,8-9,11H2,1-2H3,(H2,19,22)(H,20,24)/t13-/m0/s1. The van der Waals surface area contributed by atoms with E-state index >= 15 is 0 Å². The Hall–Kier alpha value is -2.57. The maximum Gasteiger partial charge on any atom is 0.337 e. The lowest BCUT2D eigenvalue weighted by atomic mass is 9.93. The molecule has 136 valence electrons. The van der Waals surface area contributed by atoms with Crippen LogP contribution in [0.4, 0.5) is 10.5 Å². The van der Waals surface area contributed by atoms with E-state index in [4.69, 9.17) is 10.5 Å². The number of carbonyl (C=O) groups is 3. The van der Waals surface area contributed by atoms with Gasteiger partial charge in [0.15, 0.2) is 0 Å². The summed E-state index contributed by atoms with van der Waals surface area (Å²) < 4.78 is 4.71. The van der Waals surface area contributed by atoms with E-state index in [2.05, 4.69) is 5.32 Å². The Morgan fingerprint density at radius 3 is 2.80 bits per heavy atom. The van der Waals surface area contributed by atoms with Crippen molar-refractivity contribution >= 4 is 23.6 Å². The van der Waals surface area contributed by atoms with Gasteiger partial charge in [-0.05, 0) is 49.8 Å². The first-order valence-electron chi connectivity index (χ1n) is 8.44. The van der Waals surface area contributed by atoms with E-state index in [9.17, 15) is 14.4 Å². The molecule has 1 atom stereocenters. The summed E-state index contributed by atoms with van der Waals surface area (Å²) in [6.07, 6.45) is 2.95. The van der Waals surface area contributed by atoms with Gasteiger partial charge in [0.25, 0.3) is 0 Å². The Bertz CT molecular complexity index is 660. The molecule has 1 heterocycles. The van der Waals surface area contributed by atoms with Gasteiger partial charge in [0.2, 0.25) is 5.91 Å². The van der Waals surface area contributed by atoms with E-state index in [1.807, 2.05) is 6.92 Å². The zero-order valence-corrected chi connectivity index (χ0v) is 14.7. The van der Waals surface area contributed by atoms with Crippen LogP contribution in [0.25, 0.3) is 0 Å². The normalized spacial score (nSPS) is 17.0. The third-order valence-corrected chi connectivity index (χ3v) is 4.51. The van der Waals surface area contributed by atoms with Gasteiger partial charge < -0.3 is 20.7 Å². The number of anilines is 1. The minimum Gasteiger partial charge on any atom is -0.465 e. The van der Waals surface area contributed by atoms with Crippen LogP contribution in [0.15, 0.2) is 18.2 Å². The van der Waals surface area contributed by atoms with Gasteiger partial charge in [-0.1, -0.05) is 6.07 Å². The summed E-state index contributed by atoms with van der Waals surface area (Å²) in [6, 6.07) is 4.85. The topological polar surface area (TPSA) is 102 Å². The number of ether oxygens (including phenoxy) is 1. The van der Waals surface area contributed by atoms with Crippen LogP contribution >= 0.6 is 0 Å². The van der Waals surface area contributed by atoms with Crippen molar-refractivity contribution < 1.29 is 19.1 Å². The van der Waals surface area contributed by atoms with Gasteiger partial charge in [0.1, 0.15) is 0 Å². The fraction of sp³-hybridized carbons (Fsp3) is 0.500. The molecule has 1 saturated heterocycles. The molecule has 3 N–H and O–H groups in total. The molecular weight excluding hydrogens is 322 g/mol. The van der Waals surface area contributed by atoms with E-state index in [0.717, 1.165) is 18.4 Å². The van der Waals surface area contributed by atoms with Crippen LogP contribution in [0.3, 0.4) is 0 Å². The fourth-order valence-electron chi connectivity index (χ4n) is 3.03. The minimum absolute atomic E-state index is 0.200. The monoisotopic (exact) mass is 347 g/mol. The van der Waals surface area contributed by atoms with E-state index in [1.54, 1.807) is 23.1 Å². The van der Waals surface area contributed by atoms with Gasteiger partial charge in [0.05, 0.1) is 12.7 Å². The van der Waals surface area contributed by atoms with Crippen molar-refractivity contribution in [3.63, 3.8) is 0 Å². The number of nitrogens with two attached hydrogens (primary N) is 1. The van der Waals surface area contributed by atoms with Crippen molar-refractivity contribution in [2.45, 2.75) is 32.6 Å². The predicted molar refractivity (Wildman–Crippen MR) is 94.3 cm³/mol. The molecule has 25 heavy (non-hydrogen) atoms. The molecule has 7 heteroatoms. The smallest absolute Gasteiger partial charge is 0.337 e. The molecule has 0 spiro atoms. The summed E-state index contributed by atoms with van der Waals surface area (Å²) in [5, 5.41) is 2.87. The number of nitrogens with one attached hydrogen (secondary N) is 1. The van der Waals surface area contributed by atoms with Crippen LogP contribution in [0.5, 0.6) is 0 Å². The second kappa shape index (κ2) is 8.50. The Balaban J connectivity index is 2.01. The number of esters is 1. The summed E-state index contributed by atoms with van der Waals surface area (Å²) in [5.74, 6) is -0.466. The molecule has 2 rings (SSSR count). The number of amides is 3. The van der Waals surface area contributed by atoms with Gasteiger partial charge in [-0.2, -0.15) is 0 Å². The second-order valence-electron chi connectivity index (χ2n) is 6.41. The number of benzene rings is 1. The summed E-state index contributed by atoms with van der Waals surface area (Å²) in [4.78, 5) is 36.9. The fourth-order valence-corrected chi connectivity index (χ4v) is 3.03. The lowest BCUT2D eigenvalue weighted by molar-refractivity contribution is -0.118. The van der Waals surface area contributed by atoms with Gasteiger partial charge in [-0.15, -0.1) is 0 Å². The Kier molecular flexibility index (Phi) is 6.38. The summed E-state index contributed by atoms with van der Waals surface area (Å²) in [5.41, 5.74) is 7.05. The molecule has 0 aliphatic carbocycles. The van der Waals surface area contributed by atoms with Crippen LogP contribution in [0.1, 0.15) is 41.6 Å². The molecule has 0 radical (unpaired) electrons. The van der Waals surface area contributed by atoms with Crippen LogP contribution in [0.2, 0.25) is 0 Å². The highest BCUT2D eigenvalue weighted by molar-refractivity contribution is 5.94. The van der Waals surface area contributed by atoms with Crippen LogP contribution < -0.4 is 11.1 Å². The van der Waals surface area contributed by atoms with Crippen molar-refractivity contribution in [2.24, 2.45) is 11.7 Å². The molecule has 7 nitrogen and oxygen atoms in total. The van der Waals surface area contributed by atoms with Crippen molar-refractivity contribution in [1.29, 1.82) is 0 Å². The first-order valence-corrected chi connectivity index (χ1v) is 8.44. The highest BCUT2D eigenvalue weighted by Crippen LogP contribution is 2.23. The average molecular weight is 347 g/mol. The van der Waals surface area contributed by atoms with Gasteiger partial charge >= 0.3 is 12.0 Å². The quantitative estimate of drug-likeness (QED) is 0.798. The number of methoxy groups -OCH3 is 1. The van der Waals surface area contributed by atoms with Crippen LogP contribution in [-0.4, -0.2) is 43.0 Å². The number of primary amides is 1. The van der Waals surface area contributed by atoms with E-state index < -0.39 is 5.97 Å². The number of piperidine rings is 1. The lowest BCUT2D eigenvalue weighted by Crippen LogP contribution is -2.42. The molecule has 1 aliphatic heterocycles. The molecule has 0 bridgehead atoms. The van der Waals surface area contributed by atoms with E-state index in [-0.39, 0.29) is 17.9 Å². The number of urea groups is 1. The van der Waals surface area contributed by atoms with Gasteiger partial charge in [-0.3, -0.25) is 4.79 Å². The molecule has 1 aromatic rings. The number of nitrogens with zero attached hydrogens (tertiary/aromatic N) is 1. The molecule has 1 fully saturated rings. The van der Waals surface area contributed by atoms with Gasteiger partial charge in [-0.25, -0.2) is 9.59 Å². The highest BCUT2D eigenvalue weighted by Gasteiger charge is 2.24. The number of rotatable bonds is 5. The summed E-state index contributed by atoms with van der Waals surface area (Å²) in [6.45, 7) is 3.14. The second-order valence-corrected chi connectivity index (χ2v) is 6.41. The Labute approximate surface area is 147 Å². The van der Waals surface area contributed by atoms with Gasteiger partial charge in [0, 0.05) is 25.2 Å². The molecule has 1 aromatic carbocycles. The van der Waals surface area contributed by atoms with Crippen molar-refractivity contribution in [3.05, 3.63) is 29.3 Å². The maximum absolute atomic E-state index is 12.6. The first kappa shape index (κ1) is 18.8. The highest BCUT2D eigenvalue weighted by atomic mass is 16.5. The molecule has 0 aromatic heterocycles. The number of likely N-dealkylation sites (tertiary alicyclic amines) is 1. The Morgan fingerprint density at radius 1 is 1.36 bits per heavy atom. The third kappa shape index (κ3) is 5.20. The maximum atomic E-state index is 12.6.